The maximum atomic E-state index is 9.05. The Bertz CT molecular complexity index is 1080. The first-order chi connectivity index (χ1) is 21.7. The molecule has 0 aromatic rings. The molecular weight excluding hydrogens is 757 g/mol. The van der Waals surface area contributed by atoms with Gasteiger partial charge in [-0.2, -0.15) is 0 Å². The topological polar surface area (TPSA) is 18.5 Å². The van der Waals surface area contributed by atoms with E-state index >= 15 is 0 Å². The summed E-state index contributed by atoms with van der Waals surface area (Å²) in [5.74, 6) is 0. The Hall–Kier alpha value is 2.94. The smallest absolute Gasteiger partial charge is 0.219 e. The van der Waals surface area contributed by atoms with Crippen LogP contribution in [0, 0.1) is 0 Å². The van der Waals surface area contributed by atoms with E-state index in [2.05, 4.69) is 166 Å². The second-order valence-corrected chi connectivity index (χ2v) is 96.4. The van der Waals surface area contributed by atoms with Crippen molar-refractivity contribution in [2.24, 2.45) is 0 Å². The quantitative estimate of drug-likeness (QED) is 0.144. The zero-order valence-corrected chi connectivity index (χ0v) is 46.1. The van der Waals surface area contributed by atoms with Crippen LogP contribution in [0.3, 0.4) is 0 Å². The first-order valence-corrected chi connectivity index (χ1v) is 46.4. The molecule has 48 heavy (non-hydrogen) atoms. The zero-order chi connectivity index (χ0) is 37.7. The van der Waals surface area contributed by atoms with Crippen molar-refractivity contribution in [3.8, 4) is 0 Å². The van der Waals surface area contributed by atoms with E-state index in [1.807, 2.05) is 0 Å². The molecule has 0 unspecified atom stereocenters. The average Bonchev–Trinajstić information content (AvgIpc) is 3.26. The Kier molecular flexibility index (Phi) is 14.3. The van der Waals surface area contributed by atoms with Crippen LogP contribution in [0.5, 0.6) is 0 Å². The van der Waals surface area contributed by atoms with Crippen molar-refractivity contribution in [3.05, 3.63) is 0 Å². The van der Waals surface area contributed by atoms with Gasteiger partial charge in [0.1, 0.15) is 14.8 Å². The normalized spacial score (nSPS) is 30.2. The molecule has 0 spiro atoms. The number of hydrogen-bond acceptors (Lipinski definition) is 2. The standard InChI is InChI=1S/C36H84O2P4Si6/c1-25(2)43(26(3)4)37-44(27(5)6,28(7)8)40-39(43)41-45(29(9)10,30(11)12)38-46(31(13)14,32(15)16)42(47(40,33(17)18)34(19)20)48(41,35(21)22)36(23)24/h25-36H,1-24H3/t39-,40+,41+,42+/m1/s1. The lowest BCUT2D eigenvalue weighted by molar-refractivity contribution is 0.498. The minimum absolute atomic E-state index is 0.119. The summed E-state index contributed by atoms with van der Waals surface area (Å²) < 4.78 is 17.9. The minimum Gasteiger partial charge on any atom is -0.448 e. The highest BCUT2D eigenvalue weighted by Gasteiger charge is 2.90. The van der Waals surface area contributed by atoms with Crippen molar-refractivity contribution in [1.29, 1.82) is 0 Å². The summed E-state index contributed by atoms with van der Waals surface area (Å²) in [4.78, 5) is 0. The van der Waals surface area contributed by atoms with Gasteiger partial charge in [-0.1, -0.05) is 186 Å². The van der Waals surface area contributed by atoms with Crippen molar-refractivity contribution in [3.63, 3.8) is 0 Å². The van der Waals surface area contributed by atoms with Crippen molar-refractivity contribution in [2.75, 3.05) is 0 Å². The van der Waals surface area contributed by atoms with Gasteiger partial charge in [-0.25, -0.2) is 0 Å². The van der Waals surface area contributed by atoms with Gasteiger partial charge in [-0.3, -0.25) is 0 Å². The maximum Gasteiger partial charge on any atom is 0.219 e. The fourth-order valence-electron chi connectivity index (χ4n) is 12.2. The first kappa shape index (κ1) is 45.3. The third kappa shape index (κ3) is 5.51. The highest BCUT2D eigenvalue weighted by molar-refractivity contribution is 9.03. The van der Waals surface area contributed by atoms with Gasteiger partial charge >= 0.3 is 0 Å². The monoisotopic (exact) mass is 840 g/mol. The Morgan fingerprint density at radius 1 is 0.271 bits per heavy atom. The van der Waals surface area contributed by atoms with Gasteiger partial charge < -0.3 is 8.23 Å². The third-order valence-corrected chi connectivity index (χ3v) is 189. The molecule has 0 amide bonds. The van der Waals surface area contributed by atoms with Crippen LogP contribution in [0.1, 0.15) is 166 Å². The van der Waals surface area contributed by atoms with Gasteiger partial charge in [0.25, 0.3) is 0 Å². The van der Waals surface area contributed by atoms with Gasteiger partial charge in [0.2, 0.25) is 31.9 Å². The second-order valence-electron chi connectivity index (χ2n) is 19.9. The van der Waals surface area contributed by atoms with Gasteiger partial charge in [0, 0.05) is 0 Å². The summed E-state index contributed by atoms with van der Waals surface area (Å²) in [6.07, 6.45) is 0. The lowest BCUT2D eigenvalue weighted by Gasteiger charge is -2.80. The molecule has 284 valence electrons. The lowest BCUT2D eigenvalue weighted by atomic mass is 10.5. The molecule has 3 fully saturated rings. The van der Waals surface area contributed by atoms with E-state index in [1.165, 1.54) is 0 Å². The van der Waals surface area contributed by atoms with Crippen LogP contribution in [0.15, 0.2) is 0 Å². The van der Waals surface area contributed by atoms with Gasteiger partial charge in [0.05, 0.1) is 0 Å². The molecule has 3 aliphatic heterocycles. The fraction of sp³-hybridized carbons (Fsp3) is 1.00. The molecule has 0 N–H and O–H groups in total. The Balaban J connectivity index is 3.02. The Morgan fingerprint density at radius 3 is 0.667 bits per heavy atom. The molecule has 12 heteroatoms. The summed E-state index contributed by atoms with van der Waals surface area (Å²) >= 11 is 0. The van der Waals surface area contributed by atoms with Crippen LogP contribution >= 0.6 is 26.8 Å². The number of rotatable bonds is 12. The van der Waals surface area contributed by atoms with Crippen molar-refractivity contribution >= 4 is 73.6 Å². The van der Waals surface area contributed by atoms with Crippen LogP contribution in [0.25, 0.3) is 0 Å². The largest absolute Gasteiger partial charge is 0.448 e. The predicted molar refractivity (Wildman–Crippen MR) is 246 cm³/mol. The SMILES string of the molecule is CC(C)[Si]1(C(C)C)O[Si](C(C)C)(C(C)C)[P@]2[P@]1[P@@]1[Si](C(C)C)(C(C)C)O[Si](C(C)C)(C(C)C)[P@@]([Si]2(C(C)C)C(C)C)[Si]1(C(C)C)C(C)C. The molecule has 3 saturated heterocycles. The third-order valence-electron chi connectivity index (χ3n) is 13.8. The molecule has 3 heterocycles. The highest BCUT2D eigenvalue weighted by Crippen LogP contribution is 3.16. The molecule has 2 bridgehead atoms. The van der Waals surface area contributed by atoms with Gasteiger partial charge in [-0.15, -0.1) is 6.57 Å². The predicted octanol–water partition coefficient (Wildman–Crippen LogP) is 17.4. The van der Waals surface area contributed by atoms with Crippen molar-refractivity contribution < 1.29 is 8.23 Å². The molecule has 0 aromatic carbocycles. The maximum absolute atomic E-state index is 9.05. The fourth-order valence-corrected chi connectivity index (χ4v) is 374. The molecule has 0 aromatic heterocycles. The molecule has 3 aliphatic rings. The zero-order valence-electron chi connectivity index (χ0n) is 36.5. The van der Waals surface area contributed by atoms with Crippen LogP contribution < -0.4 is 0 Å². The molecular formula is C36H84O2P4Si6. The van der Waals surface area contributed by atoms with Crippen LogP contribution in [0.4, 0.5) is 0 Å². The molecule has 2 nitrogen and oxygen atoms in total. The van der Waals surface area contributed by atoms with Crippen molar-refractivity contribution in [1.82, 2.24) is 0 Å². The van der Waals surface area contributed by atoms with Gasteiger partial charge in [0.15, 0.2) is 0 Å². The second kappa shape index (κ2) is 15.1. The summed E-state index contributed by atoms with van der Waals surface area (Å²) in [5, 5.41) is 0. The molecule has 0 aliphatic carbocycles. The van der Waals surface area contributed by atoms with E-state index < -0.39 is 46.8 Å². The van der Waals surface area contributed by atoms with E-state index in [9.17, 15) is 0 Å². The van der Waals surface area contributed by atoms with Crippen LogP contribution in [0.2, 0.25) is 66.5 Å². The summed E-state index contributed by atoms with van der Waals surface area (Å²) in [7, 11) is -12.9. The number of fused-ring (bicyclic) bond motifs is 4. The first-order valence-electron chi connectivity index (χ1n) is 20.3. The van der Waals surface area contributed by atoms with Gasteiger partial charge in [-0.05, 0) is 66.5 Å². The summed E-state index contributed by atoms with van der Waals surface area (Å²) in [6, 6.07) is 0. The molecule has 3 rings (SSSR count). The van der Waals surface area contributed by atoms with E-state index in [-0.39, 0.29) is 26.8 Å². The van der Waals surface area contributed by atoms with E-state index in [0.717, 1.165) is 33.2 Å². The van der Waals surface area contributed by atoms with E-state index in [0.29, 0.717) is 33.2 Å². The number of hydrogen-bond donors (Lipinski definition) is 0. The van der Waals surface area contributed by atoms with E-state index in [1.54, 1.807) is 0 Å². The Morgan fingerprint density at radius 2 is 0.479 bits per heavy atom. The highest BCUT2D eigenvalue weighted by atomic mass is 32.8. The average molecular weight is 841 g/mol. The summed E-state index contributed by atoms with van der Waals surface area (Å²) in [5.41, 5.74) is 9.02. The molecule has 0 radical (unpaired) electrons. The Labute approximate surface area is 312 Å². The summed E-state index contributed by atoms with van der Waals surface area (Å²) in [6.45, 7) is 65.4. The van der Waals surface area contributed by atoms with Crippen LogP contribution in [-0.4, -0.2) is 46.8 Å². The van der Waals surface area contributed by atoms with Crippen LogP contribution in [-0.2, 0) is 8.23 Å². The van der Waals surface area contributed by atoms with Crippen molar-refractivity contribution in [2.45, 2.75) is 233 Å². The molecule has 4 atom stereocenters. The lowest BCUT2D eigenvalue weighted by Crippen LogP contribution is -2.73. The minimum atomic E-state index is -2.26. The molecule has 0 saturated carbocycles. The van der Waals surface area contributed by atoms with E-state index in [4.69, 9.17) is 8.23 Å².